The smallest absolute Gasteiger partial charge is 0.306 e. The number of hydrogen-bond acceptors (Lipinski definition) is 2. The Bertz CT molecular complexity index is 259. The SMILES string of the molecule is CC(C)C1CC(C(=O)O)CCC1C(=O)O. The Hall–Kier alpha value is -1.06. The fraction of sp³-hybridized carbons (Fsp3) is 0.818. The van der Waals surface area contributed by atoms with Crippen LogP contribution in [-0.2, 0) is 9.59 Å². The minimum absolute atomic E-state index is 0.00245. The molecule has 0 radical (unpaired) electrons. The monoisotopic (exact) mass is 214 g/mol. The van der Waals surface area contributed by atoms with Crippen molar-refractivity contribution in [2.75, 3.05) is 0 Å². The Morgan fingerprint density at radius 1 is 1.13 bits per heavy atom. The van der Waals surface area contributed by atoms with Gasteiger partial charge in [0.15, 0.2) is 0 Å². The van der Waals surface area contributed by atoms with Crippen molar-refractivity contribution in [3.05, 3.63) is 0 Å². The van der Waals surface area contributed by atoms with Gasteiger partial charge in [-0.05, 0) is 31.1 Å². The Labute approximate surface area is 89.3 Å². The number of carboxylic acid groups (broad SMARTS) is 2. The van der Waals surface area contributed by atoms with Crippen molar-refractivity contribution in [3.63, 3.8) is 0 Å². The Kier molecular flexibility index (Phi) is 3.72. The van der Waals surface area contributed by atoms with E-state index in [0.29, 0.717) is 19.3 Å². The van der Waals surface area contributed by atoms with Gasteiger partial charge in [0.2, 0.25) is 0 Å². The molecule has 1 saturated carbocycles. The molecular weight excluding hydrogens is 196 g/mol. The van der Waals surface area contributed by atoms with Gasteiger partial charge in [-0.3, -0.25) is 9.59 Å². The molecule has 4 heteroatoms. The average molecular weight is 214 g/mol. The molecule has 3 atom stereocenters. The van der Waals surface area contributed by atoms with Gasteiger partial charge in [-0.15, -0.1) is 0 Å². The number of rotatable bonds is 3. The molecule has 2 N–H and O–H groups in total. The molecule has 0 aliphatic heterocycles. The van der Waals surface area contributed by atoms with Crippen LogP contribution in [-0.4, -0.2) is 22.2 Å². The number of carboxylic acids is 2. The van der Waals surface area contributed by atoms with Crippen LogP contribution in [0.3, 0.4) is 0 Å². The first-order chi connectivity index (χ1) is 6.93. The van der Waals surface area contributed by atoms with Gasteiger partial charge in [-0.2, -0.15) is 0 Å². The van der Waals surface area contributed by atoms with E-state index in [1.807, 2.05) is 13.8 Å². The van der Waals surface area contributed by atoms with Gasteiger partial charge in [0.05, 0.1) is 11.8 Å². The first kappa shape index (κ1) is 12.0. The molecule has 0 heterocycles. The van der Waals surface area contributed by atoms with Crippen LogP contribution in [0.25, 0.3) is 0 Å². The van der Waals surface area contributed by atoms with Crippen LogP contribution in [0.5, 0.6) is 0 Å². The van der Waals surface area contributed by atoms with Crippen molar-refractivity contribution in [1.29, 1.82) is 0 Å². The van der Waals surface area contributed by atoms with Gasteiger partial charge in [0.1, 0.15) is 0 Å². The van der Waals surface area contributed by atoms with Gasteiger partial charge >= 0.3 is 11.9 Å². The second kappa shape index (κ2) is 4.64. The molecule has 0 aromatic heterocycles. The molecular formula is C11H18O4. The third kappa shape index (κ3) is 2.70. The maximum absolute atomic E-state index is 11.0. The van der Waals surface area contributed by atoms with Crippen molar-refractivity contribution in [1.82, 2.24) is 0 Å². The van der Waals surface area contributed by atoms with E-state index in [1.54, 1.807) is 0 Å². The van der Waals surface area contributed by atoms with Crippen LogP contribution in [0, 0.1) is 23.7 Å². The molecule has 86 valence electrons. The topological polar surface area (TPSA) is 74.6 Å². The van der Waals surface area contributed by atoms with Crippen LogP contribution in [0.2, 0.25) is 0 Å². The van der Waals surface area contributed by atoms with Crippen molar-refractivity contribution in [2.24, 2.45) is 23.7 Å². The highest BCUT2D eigenvalue weighted by atomic mass is 16.4. The highest BCUT2D eigenvalue weighted by Crippen LogP contribution is 2.38. The van der Waals surface area contributed by atoms with E-state index >= 15 is 0 Å². The van der Waals surface area contributed by atoms with Crippen LogP contribution >= 0.6 is 0 Å². The molecule has 15 heavy (non-hydrogen) atoms. The molecule has 0 aromatic carbocycles. The molecule has 3 unspecified atom stereocenters. The van der Waals surface area contributed by atoms with E-state index in [2.05, 4.69) is 0 Å². The molecule has 0 saturated heterocycles. The first-order valence-electron chi connectivity index (χ1n) is 5.39. The van der Waals surface area contributed by atoms with E-state index < -0.39 is 11.9 Å². The lowest BCUT2D eigenvalue weighted by Crippen LogP contribution is -2.36. The maximum Gasteiger partial charge on any atom is 0.306 e. The van der Waals surface area contributed by atoms with Gasteiger partial charge in [0.25, 0.3) is 0 Å². The summed E-state index contributed by atoms with van der Waals surface area (Å²) in [6.07, 6.45) is 1.49. The molecule has 0 aromatic rings. The summed E-state index contributed by atoms with van der Waals surface area (Å²) < 4.78 is 0. The summed E-state index contributed by atoms with van der Waals surface area (Å²) >= 11 is 0. The summed E-state index contributed by atoms with van der Waals surface area (Å²) in [4.78, 5) is 21.8. The minimum atomic E-state index is -0.788. The highest BCUT2D eigenvalue weighted by Gasteiger charge is 2.38. The normalized spacial score (nSPS) is 31.5. The van der Waals surface area contributed by atoms with Crippen LogP contribution in [0.15, 0.2) is 0 Å². The summed E-state index contributed by atoms with van der Waals surface area (Å²) in [6.45, 7) is 3.93. The lowest BCUT2D eigenvalue weighted by Gasteiger charge is -2.34. The van der Waals surface area contributed by atoms with E-state index in [4.69, 9.17) is 10.2 Å². The second-order valence-electron chi connectivity index (χ2n) is 4.70. The standard InChI is InChI=1S/C11H18O4/c1-6(2)9-5-7(10(12)13)3-4-8(9)11(14)15/h6-9H,3-5H2,1-2H3,(H,12,13)(H,14,15). The second-order valence-corrected chi connectivity index (χ2v) is 4.70. The van der Waals surface area contributed by atoms with Gasteiger partial charge in [0, 0.05) is 0 Å². The largest absolute Gasteiger partial charge is 0.481 e. The highest BCUT2D eigenvalue weighted by molar-refractivity contribution is 5.73. The molecule has 0 amide bonds. The van der Waals surface area contributed by atoms with Gasteiger partial charge < -0.3 is 10.2 Å². The quantitative estimate of drug-likeness (QED) is 0.751. The van der Waals surface area contributed by atoms with Crippen molar-refractivity contribution >= 4 is 11.9 Å². The van der Waals surface area contributed by atoms with Gasteiger partial charge in [-0.25, -0.2) is 0 Å². The Morgan fingerprint density at radius 3 is 2.13 bits per heavy atom. The van der Waals surface area contributed by atoms with Gasteiger partial charge in [-0.1, -0.05) is 13.8 Å². The summed E-state index contributed by atoms with van der Waals surface area (Å²) in [7, 11) is 0. The molecule has 0 spiro atoms. The zero-order chi connectivity index (χ0) is 11.6. The molecule has 1 rings (SSSR count). The fourth-order valence-electron chi connectivity index (χ4n) is 2.47. The molecule has 1 aliphatic rings. The summed E-state index contributed by atoms with van der Waals surface area (Å²) in [6, 6.07) is 0. The number of aliphatic carboxylic acids is 2. The lowest BCUT2D eigenvalue weighted by molar-refractivity contribution is -0.151. The number of hydrogen-bond donors (Lipinski definition) is 2. The zero-order valence-electron chi connectivity index (χ0n) is 9.14. The third-order valence-corrected chi connectivity index (χ3v) is 3.42. The van der Waals surface area contributed by atoms with Crippen molar-refractivity contribution in [3.8, 4) is 0 Å². The molecule has 0 bridgehead atoms. The maximum atomic E-state index is 11.0. The zero-order valence-corrected chi connectivity index (χ0v) is 9.14. The van der Waals surface area contributed by atoms with E-state index in [9.17, 15) is 9.59 Å². The van der Waals surface area contributed by atoms with E-state index in [1.165, 1.54) is 0 Å². The van der Waals surface area contributed by atoms with Crippen molar-refractivity contribution in [2.45, 2.75) is 33.1 Å². The summed E-state index contributed by atoms with van der Waals surface area (Å²) in [5.41, 5.74) is 0. The molecule has 4 nitrogen and oxygen atoms in total. The number of carbonyl (C=O) groups is 2. The molecule has 1 aliphatic carbocycles. The Morgan fingerprint density at radius 2 is 1.73 bits per heavy atom. The fourth-order valence-corrected chi connectivity index (χ4v) is 2.47. The van der Waals surface area contributed by atoms with Crippen LogP contribution in [0.4, 0.5) is 0 Å². The van der Waals surface area contributed by atoms with Crippen LogP contribution in [0.1, 0.15) is 33.1 Å². The minimum Gasteiger partial charge on any atom is -0.481 e. The predicted octanol–water partition coefficient (Wildman–Crippen LogP) is 1.84. The summed E-state index contributed by atoms with van der Waals surface area (Å²) in [5.74, 6) is -2.05. The summed E-state index contributed by atoms with van der Waals surface area (Å²) in [5, 5.41) is 18.0. The van der Waals surface area contributed by atoms with Crippen LogP contribution < -0.4 is 0 Å². The lowest BCUT2D eigenvalue weighted by atomic mass is 9.69. The Balaban J connectivity index is 2.73. The van der Waals surface area contributed by atoms with E-state index in [-0.39, 0.29) is 23.7 Å². The van der Waals surface area contributed by atoms with Crippen molar-refractivity contribution < 1.29 is 19.8 Å². The van der Waals surface area contributed by atoms with E-state index in [0.717, 1.165) is 0 Å². The molecule has 1 fully saturated rings. The third-order valence-electron chi connectivity index (χ3n) is 3.42. The average Bonchev–Trinajstić information content (AvgIpc) is 2.16. The first-order valence-corrected chi connectivity index (χ1v) is 5.39. The predicted molar refractivity (Wildman–Crippen MR) is 54.4 cm³/mol.